The lowest BCUT2D eigenvalue weighted by Gasteiger charge is -2.18. The fourth-order valence-corrected chi connectivity index (χ4v) is 2.98. The van der Waals surface area contributed by atoms with Crippen molar-refractivity contribution in [3.63, 3.8) is 0 Å². The Morgan fingerprint density at radius 2 is 2.25 bits per heavy atom. The quantitative estimate of drug-likeness (QED) is 0.461. The summed E-state index contributed by atoms with van der Waals surface area (Å²) in [6, 6.07) is 2.09. The predicted molar refractivity (Wildman–Crippen MR) is 67.4 cm³/mol. The molecule has 0 aromatic rings. The molecule has 0 aliphatic carbocycles. The molecule has 0 heterocycles. The summed E-state index contributed by atoms with van der Waals surface area (Å²) in [6.07, 6.45) is 0.704. The topological polar surface area (TPSA) is 73.5 Å². The van der Waals surface area contributed by atoms with E-state index in [4.69, 9.17) is 15.1 Å². The lowest BCUT2D eigenvalue weighted by Crippen LogP contribution is -2.36. The van der Waals surface area contributed by atoms with Gasteiger partial charge in [-0.1, -0.05) is 13.3 Å². The zero-order chi connectivity index (χ0) is 12.6. The maximum absolute atomic E-state index is 9.78. The van der Waals surface area contributed by atoms with E-state index in [9.17, 15) is 5.11 Å². The molecule has 0 aromatic carbocycles. The lowest BCUT2D eigenvalue weighted by molar-refractivity contribution is 0.0545. The van der Waals surface area contributed by atoms with Crippen LogP contribution in [0.4, 0.5) is 0 Å². The first kappa shape index (κ1) is 15.6. The third kappa shape index (κ3) is 5.12. The number of hydrogen-bond donors (Lipinski definition) is 3. The maximum atomic E-state index is 9.78. The zero-order valence-corrected chi connectivity index (χ0v) is 11.5. The minimum atomic E-state index is -0.858. The third-order valence-electron chi connectivity index (χ3n) is 1.97. The van der Waals surface area contributed by atoms with Gasteiger partial charge < -0.3 is 14.9 Å². The molecule has 0 fully saturated rings. The standard InChI is InChI=1S/C10H18NO3SSi/c1-3-5-10(15,7-11)16-9(13)8(6-12)14-4-2/h8,12-13,15H,3-6H2,1-2H3. The highest BCUT2D eigenvalue weighted by molar-refractivity contribution is 7.83. The van der Waals surface area contributed by atoms with Gasteiger partial charge in [0.2, 0.25) is 0 Å². The monoisotopic (exact) mass is 260 g/mol. The first-order chi connectivity index (χ1) is 7.52. The van der Waals surface area contributed by atoms with Crippen LogP contribution < -0.4 is 0 Å². The van der Waals surface area contributed by atoms with Gasteiger partial charge in [0, 0.05) is 6.61 Å². The van der Waals surface area contributed by atoms with E-state index in [-0.39, 0.29) is 21.1 Å². The van der Waals surface area contributed by atoms with Crippen LogP contribution in [0.2, 0.25) is 0 Å². The lowest BCUT2D eigenvalue weighted by atomic mass is 10.2. The molecule has 0 rings (SSSR count). The van der Waals surface area contributed by atoms with Crippen molar-refractivity contribution in [2.24, 2.45) is 0 Å². The normalized spacial score (nSPS) is 17.6. The second-order valence-electron chi connectivity index (χ2n) is 3.36. The number of aliphatic hydroxyl groups is 2. The Kier molecular flexibility index (Phi) is 7.67. The van der Waals surface area contributed by atoms with Crippen LogP contribution in [0.5, 0.6) is 0 Å². The van der Waals surface area contributed by atoms with E-state index in [1.807, 2.05) is 6.92 Å². The summed E-state index contributed by atoms with van der Waals surface area (Å²) < 4.78 is 4.29. The van der Waals surface area contributed by atoms with E-state index >= 15 is 0 Å². The van der Waals surface area contributed by atoms with Crippen LogP contribution in [0.1, 0.15) is 26.7 Å². The summed E-state index contributed by atoms with van der Waals surface area (Å²) in [7, 11) is -0.156. The van der Waals surface area contributed by atoms with Crippen molar-refractivity contribution in [3.8, 4) is 6.07 Å². The van der Waals surface area contributed by atoms with Gasteiger partial charge in [0.1, 0.15) is 19.6 Å². The molecule has 2 unspecified atom stereocenters. The van der Waals surface area contributed by atoms with Crippen molar-refractivity contribution in [2.45, 2.75) is 37.2 Å². The average molecular weight is 260 g/mol. The summed E-state index contributed by atoms with van der Waals surface area (Å²) in [4.78, 5) is 0. The molecule has 91 valence electrons. The second-order valence-corrected chi connectivity index (χ2v) is 6.16. The average Bonchev–Trinajstić information content (AvgIpc) is 2.25. The summed E-state index contributed by atoms with van der Waals surface area (Å²) in [5.74, 6) is 0. The molecule has 0 aliphatic heterocycles. The van der Waals surface area contributed by atoms with Gasteiger partial charge in [-0.15, -0.1) is 0 Å². The molecule has 0 amide bonds. The van der Waals surface area contributed by atoms with Crippen LogP contribution in [0.3, 0.4) is 0 Å². The molecule has 0 saturated carbocycles. The predicted octanol–water partition coefficient (Wildman–Crippen LogP) is 0.540. The smallest absolute Gasteiger partial charge is 0.132 e. The molecule has 4 nitrogen and oxygen atoms in total. The van der Waals surface area contributed by atoms with Crippen molar-refractivity contribution in [3.05, 3.63) is 0 Å². The third-order valence-corrected chi connectivity index (χ3v) is 3.98. The van der Waals surface area contributed by atoms with Crippen molar-refractivity contribution >= 4 is 27.1 Å². The van der Waals surface area contributed by atoms with Gasteiger partial charge in [-0.05, 0) is 13.3 Å². The number of ether oxygens (including phenoxy) is 1. The Hall–Kier alpha value is -0.353. The highest BCUT2D eigenvalue weighted by atomic mass is 32.1. The van der Waals surface area contributed by atoms with E-state index in [2.05, 4.69) is 18.7 Å². The molecule has 0 saturated heterocycles. The van der Waals surface area contributed by atoms with E-state index in [0.29, 0.717) is 13.0 Å². The first-order valence-electron chi connectivity index (χ1n) is 5.23. The Morgan fingerprint density at radius 1 is 1.62 bits per heavy atom. The maximum Gasteiger partial charge on any atom is 0.132 e. The Bertz CT molecular complexity index is 280. The molecule has 2 N–H and O–H groups in total. The van der Waals surface area contributed by atoms with E-state index in [1.165, 1.54) is 0 Å². The molecular formula is C10H18NO3SSi. The van der Waals surface area contributed by atoms with Crippen LogP contribution in [-0.4, -0.2) is 48.4 Å². The Morgan fingerprint density at radius 3 is 2.62 bits per heavy atom. The van der Waals surface area contributed by atoms with Crippen molar-refractivity contribution < 1.29 is 14.9 Å². The molecule has 0 aliphatic rings. The number of hydrogen-bond acceptors (Lipinski definition) is 5. The minimum absolute atomic E-state index is 0.00866. The fourth-order valence-electron chi connectivity index (χ4n) is 1.22. The van der Waals surface area contributed by atoms with Crippen LogP contribution in [0.25, 0.3) is 0 Å². The summed E-state index contributed by atoms with van der Waals surface area (Å²) in [5.41, 5.74) is 0. The molecule has 16 heavy (non-hydrogen) atoms. The van der Waals surface area contributed by atoms with Crippen molar-refractivity contribution in [1.29, 1.82) is 5.26 Å². The molecule has 6 heteroatoms. The summed E-state index contributed by atoms with van der Waals surface area (Å²) in [6.45, 7) is 3.85. The first-order valence-corrected chi connectivity index (χ1v) is 6.67. The number of nitriles is 1. The highest BCUT2D eigenvalue weighted by Crippen LogP contribution is 2.17. The summed E-state index contributed by atoms with van der Waals surface area (Å²) in [5, 5.41) is 27.8. The molecule has 1 radical (unpaired) electrons. The van der Waals surface area contributed by atoms with E-state index < -0.39 is 10.5 Å². The van der Waals surface area contributed by atoms with Gasteiger partial charge in [0.05, 0.1) is 18.0 Å². The van der Waals surface area contributed by atoms with Crippen LogP contribution in [0.15, 0.2) is 0 Å². The van der Waals surface area contributed by atoms with Gasteiger partial charge in [-0.25, -0.2) is 0 Å². The van der Waals surface area contributed by atoms with Gasteiger partial charge in [0.15, 0.2) is 0 Å². The van der Waals surface area contributed by atoms with Crippen LogP contribution in [0, 0.1) is 11.3 Å². The van der Waals surface area contributed by atoms with Gasteiger partial charge in [-0.2, -0.15) is 17.9 Å². The van der Waals surface area contributed by atoms with Crippen molar-refractivity contribution in [1.82, 2.24) is 0 Å². The zero-order valence-electron chi connectivity index (χ0n) is 9.60. The largest absolute Gasteiger partial charge is 0.515 e. The molecule has 0 spiro atoms. The Balaban J connectivity index is 4.77. The van der Waals surface area contributed by atoms with Crippen molar-refractivity contribution in [2.75, 3.05) is 13.2 Å². The van der Waals surface area contributed by atoms with Crippen LogP contribution >= 0.6 is 12.6 Å². The van der Waals surface area contributed by atoms with Crippen LogP contribution in [-0.2, 0) is 4.74 Å². The highest BCUT2D eigenvalue weighted by Gasteiger charge is 2.25. The molecular weight excluding hydrogens is 242 g/mol. The van der Waals surface area contributed by atoms with E-state index in [0.717, 1.165) is 6.42 Å². The number of thiol groups is 1. The molecule has 0 aromatic heterocycles. The van der Waals surface area contributed by atoms with Gasteiger partial charge in [0.25, 0.3) is 0 Å². The van der Waals surface area contributed by atoms with Gasteiger partial charge in [-0.3, -0.25) is 0 Å². The number of aliphatic hydroxyl groups excluding tert-OH is 2. The minimum Gasteiger partial charge on any atom is -0.515 e. The fraction of sp³-hybridized carbons (Fsp3) is 0.800. The molecule has 2 atom stereocenters. The second kappa shape index (κ2) is 7.85. The van der Waals surface area contributed by atoms with Gasteiger partial charge >= 0.3 is 0 Å². The Labute approximate surface area is 104 Å². The van der Waals surface area contributed by atoms with E-state index in [1.54, 1.807) is 6.92 Å². The SMILES string of the molecule is CCCC(S)(C#N)[Si]=C(O)C(CO)OCC. The molecule has 0 bridgehead atoms. The number of nitrogens with zero attached hydrogens (tertiary/aromatic N) is 1. The summed E-state index contributed by atoms with van der Waals surface area (Å²) >= 11 is 4.27. The number of rotatable bonds is 7.